The van der Waals surface area contributed by atoms with E-state index >= 15 is 0 Å². The van der Waals surface area contributed by atoms with Crippen LogP contribution in [-0.2, 0) is 4.79 Å². The first-order chi connectivity index (χ1) is 10.3. The summed E-state index contributed by atoms with van der Waals surface area (Å²) >= 11 is 0. The minimum atomic E-state index is -0.281. The summed E-state index contributed by atoms with van der Waals surface area (Å²) in [6.45, 7) is 8.93. The number of anilines is 1. The molecular formula is C16H25N3OS2. The Labute approximate surface area is 140 Å². The molecule has 0 spiro atoms. The maximum atomic E-state index is 12.8. The normalized spacial score (nSPS) is 25.1. The Balaban J connectivity index is 2.16. The van der Waals surface area contributed by atoms with Crippen LogP contribution in [0.5, 0.6) is 0 Å². The van der Waals surface area contributed by atoms with Gasteiger partial charge < -0.3 is 16.4 Å². The zero-order valence-corrected chi connectivity index (χ0v) is 15.2. The third-order valence-electron chi connectivity index (χ3n) is 3.96. The summed E-state index contributed by atoms with van der Waals surface area (Å²) in [6, 6.07) is 5.76. The highest BCUT2D eigenvalue weighted by Gasteiger charge is 2.37. The number of hydrogen-bond acceptors (Lipinski definition) is 5. The molecule has 2 rings (SSSR count). The van der Waals surface area contributed by atoms with Gasteiger partial charge in [0, 0.05) is 28.8 Å². The lowest BCUT2D eigenvalue weighted by Gasteiger charge is -2.36. The molecule has 4 nitrogen and oxygen atoms in total. The molecule has 122 valence electrons. The summed E-state index contributed by atoms with van der Waals surface area (Å²) in [5.41, 5.74) is 9.19. The van der Waals surface area contributed by atoms with Gasteiger partial charge in [-0.1, -0.05) is 33.7 Å². The number of nitrogens with one attached hydrogen (secondary N) is 2. The minimum absolute atomic E-state index is 0.000833. The number of benzene rings is 1. The first-order valence-electron chi connectivity index (χ1n) is 7.48. The number of hydrogen-bond donors (Lipinski definition) is 3. The molecule has 2 unspecified atom stereocenters. The Kier molecular flexibility index (Phi) is 5.82. The van der Waals surface area contributed by atoms with Crippen LogP contribution in [0.1, 0.15) is 25.0 Å². The van der Waals surface area contributed by atoms with Crippen molar-refractivity contribution in [1.29, 1.82) is 0 Å². The molecule has 4 N–H and O–H groups in total. The average molecular weight is 340 g/mol. The van der Waals surface area contributed by atoms with Gasteiger partial charge in [0.05, 0.1) is 0 Å². The van der Waals surface area contributed by atoms with Gasteiger partial charge in [-0.3, -0.25) is 4.79 Å². The van der Waals surface area contributed by atoms with Gasteiger partial charge in [-0.2, -0.15) is 0 Å². The molecule has 1 heterocycles. The van der Waals surface area contributed by atoms with Crippen LogP contribution in [0.2, 0.25) is 0 Å². The monoisotopic (exact) mass is 339 g/mol. The van der Waals surface area contributed by atoms with E-state index in [9.17, 15) is 4.79 Å². The second-order valence-corrected chi connectivity index (χ2v) is 9.30. The van der Waals surface area contributed by atoms with Gasteiger partial charge in [0.15, 0.2) is 0 Å². The summed E-state index contributed by atoms with van der Waals surface area (Å²) in [7, 11) is 3.47. The van der Waals surface area contributed by atoms with Gasteiger partial charge in [-0.05, 0) is 44.9 Å². The third-order valence-corrected chi connectivity index (χ3v) is 7.36. The predicted octanol–water partition coefficient (Wildman–Crippen LogP) is 2.70. The SMILES string of the molecule is Cc1cccc(NC(=O)C2NCC(N)CSSC2(C)C)c1C. The molecule has 2 atom stereocenters. The van der Waals surface area contributed by atoms with Gasteiger partial charge >= 0.3 is 0 Å². The van der Waals surface area contributed by atoms with E-state index in [4.69, 9.17) is 5.73 Å². The van der Waals surface area contributed by atoms with Crippen LogP contribution in [0, 0.1) is 13.8 Å². The molecular weight excluding hydrogens is 314 g/mol. The van der Waals surface area contributed by atoms with Gasteiger partial charge in [-0.15, -0.1) is 0 Å². The molecule has 6 heteroatoms. The van der Waals surface area contributed by atoms with Crippen LogP contribution in [0.15, 0.2) is 18.2 Å². The Hall–Kier alpha value is -0.690. The number of rotatable bonds is 2. The van der Waals surface area contributed by atoms with E-state index in [-0.39, 0.29) is 22.7 Å². The highest BCUT2D eigenvalue weighted by Crippen LogP contribution is 2.39. The molecule has 1 fully saturated rings. The second kappa shape index (κ2) is 7.25. The first-order valence-corrected chi connectivity index (χ1v) is 9.80. The lowest BCUT2D eigenvalue weighted by Crippen LogP contribution is -2.56. The number of aryl methyl sites for hydroxylation is 1. The number of carbonyl (C=O) groups is 1. The predicted molar refractivity (Wildman–Crippen MR) is 98.4 cm³/mol. The summed E-state index contributed by atoms with van der Waals surface area (Å²) in [4.78, 5) is 12.8. The fourth-order valence-electron chi connectivity index (χ4n) is 2.40. The van der Waals surface area contributed by atoms with Crippen LogP contribution in [-0.4, -0.2) is 35.0 Å². The minimum Gasteiger partial charge on any atom is -0.326 e. The van der Waals surface area contributed by atoms with Crippen LogP contribution < -0.4 is 16.4 Å². The second-order valence-electron chi connectivity index (χ2n) is 6.31. The fraction of sp³-hybridized carbons (Fsp3) is 0.562. The smallest absolute Gasteiger partial charge is 0.242 e. The zero-order valence-electron chi connectivity index (χ0n) is 13.6. The summed E-state index contributed by atoms with van der Waals surface area (Å²) in [6.07, 6.45) is 0. The van der Waals surface area contributed by atoms with Crippen molar-refractivity contribution in [3.8, 4) is 0 Å². The van der Waals surface area contributed by atoms with E-state index in [1.165, 1.54) is 5.56 Å². The standard InChI is InChI=1S/C16H25N3OS2/c1-10-6-5-7-13(11(10)2)19-15(20)14-16(3,4)22-21-9-12(17)8-18-14/h5-7,12,14,18H,8-9,17H2,1-4H3,(H,19,20). The molecule has 1 aromatic carbocycles. The lowest BCUT2D eigenvalue weighted by molar-refractivity contribution is -0.118. The lowest BCUT2D eigenvalue weighted by atomic mass is 10.0. The van der Waals surface area contributed by atoms with E-state index in [1.54, 1.807) is 21.6 Å². The van der Waals surface area contributed by atoms with Gasteiger partial charge in [0.1, 0.15) is 6.04 Å². The Morgan fingerprint density at radius 2 is 2.14 bits per heavy atom. The van der Waals surface area contributed by atoms with Gasteiger partial charge in [-0.25, -0.2) is 0 Å². The molecule has 1 aliphatic rings. The van der Waals surface area contributed by atoms with E-state index in [0.29, 0.717) is 6.54 Å². The topological polar surface area (TPSA) is 67.2 Å². The molecule has 22 heavy (non-hydrogen) atoms. The van der Waals surface area contributed by atoms with Crippen molar-refractivity contribution in [2.45, 2.75) is 44.5 Å². The molecule has 1 saturated heterocycles. The van der Waals surface area contributed by atoms with Crippen molar-refractivity contribution < 1.29 is 4.79 Å². The fourth-order valence-corrected chi connectivity index (χ4v) is 5.27. The molecule has 0 radical (unpaired) electrons. The molecule has 1 aromatic rings. The largest absolute Gasteiger partial charge is 0.326 e. The van der Waals surface area contributed by atoms with Crippen molar-refractivity contribution in [2.24, 2.45) is 5.73 Å². The van der Waals surface area contributed by atoms with Crippen LogP contribution in [0.3, 0.4) is 0 Å². The molecule has 0 bridgehead atoms. The van der Waals surface area contributed by atoms with Crippen molar-refractivity contribution >= 4 is 33.2 Å². The molecule has 0 aromatic heterocycles. The van der Waals surface area contributed by atoms with E-state index in [1.807, 2.05) is 19.1 Å². The highest BCUT2D eigenvalue weighted by molar-refractivity contribution is 8.77. The Bertz CT molecular complexity index is 548. The third kappa shape index (κ3) is 4.19. The summed E-state index contributed by atoms with van der Waals surface area (Å²) in [5.74, 6) is 0.896. The quantitative estimate of drug-likeness (QED) is 0.723. The van der Waals surface area contributed by atoms with Crippen molar-refractivity contribution in [1.82, 2.24) is 5.32 Å². The Morgan fingerprint density at radius 3 is 2.86 bits per heavy atom. The van der Waals surface area contributed by atoms with Crippen LogP contribution >= 0.6 is 21.6 Å². The average Bonchev–Trinajstić information content (AvgIpc) is 2.42. The number of carbonyl (C=O) groups excluding carboxylic acids is 1. The van der Waals surface area contributed by atoms with E-state index < -0.39 is 0 Å². The molecule has 1 aliphatic heterocycles. The Morgan fingerprint density at radius 1 is 1.41 bits per heavy atom. The van der Waals surface area contributed by atoms with Crippen molar-refractivity contribution in [2.75, 3.05) is 17.6 Å². The number of nitrogens with two attached hydrogens (primary N) is 1. The zero-order chi connectivity index (χ0) is 16.3. The molecule has 1 amide bonds. The van der Waals surface area contributed by atoms with Crippen molar-refractivity contribution in [3.05, 3.63) is 29.3 Å². The molecule has 0 saturated carbocycles. The molecule has 0 aliphatic carbocycles. The van der Waals surface area contributed by atoms with Crippen LogP contribution in [0.4, 0.5) is 5.69 Å². The first kappa shape index (κ1) is 17.7. The van der Waals surface area contributed by atoms with E-state index in [0.717, 1.165) is 17.0 Å². The van der Waals surface area contributed by atoms with Crippen molar-refractivity contribution in [3.63, 3.8) is 0 Å². The van der Waals surface area contributed by atoms with E-state index in [2.05, 4.69) is 37.5 Å². The maximum absolute atomic E-state index is 12.8. The van der Waals surface area contributed by atoms with Crippen LogP contribution in [0.25, 0.3) is 0 Å². The highest BCUT2D eigenvalue weighted by atomic mass is 33.1. The maximum Gasteiger partial charge on any atom is 0.242 e. The summed E-state index contributed by atoms with van der Waals surface area (Å²) in [5, 5.41) is 6.42. The number of amides is 1. The van der Waals surface area contributed by atoms with Gasteiger partial charge in [0.2, 0.25) is 5.91 Å². The summed E-state index contributed by atoms with van der Waals surface area (Å²) < 4.78 is -0.202. The van der Waals surface area contributed by atoms with Gasteiger partial charge in [0.25, 0.3) is 0 Å².